The van der Waals surface area contributed by atoms with Crippen molar-refractivity contribution in [3.63, 3.8) is 0 Å². The summed E-state index contributed by atoms with van der Waals surface area (Å²) in [6, 6.07) is 6.22. The van der Waals surface area contributed by atoms with Gasteiger partial charge in [0, 0.05) is 36.5 Å². The Balaban J connectivity index is 1.01. The maximum absolute atomic E-state index is 13.1. The largest absolute Gasteiger partial charge is 0.398 e. The lowest BCUT2D eigenvalue weighted by molar-refractivity contribution is -0.136. The van der Waals surface area contributed by atoms with Crippen molar-refractivity contribution in [2.45, 2.75) is 56.5 Å². The summed E-state index contributed by atoms with van der Waals surface area (Å²) >= 11 is 0. The number of piperidine rings is 1. The van der Waals surface area contributed by atoms with Crippen molar-refractivity contribution in [1.82, 2.24) is 25.0 Å². The number of anilines is 2. The van der Waals surface area contributed by atoms with E-state index >= 15 is 0 Å². The van der Waals surface area contributed by atoms with Crippen LogP contribution in [0.15, 0.2) is 30.5 Å². The molecular formula is C27H27N7O4. The van der Waals surface area contributed by atoms with Gasteiger partial charge in [0.2, 0.25) is 11.8 Å². The minimum absolute atomic E-state index is 0.0959. The predicted molar refractivity (Wildman–Crippen MR) is 137 cm³/mol. The molecule has 3 aromatic rings. The molecule has 4 N–H and O–H groups in total. The fourth-order valence-corrected chi connectivity index (χ4v) is 5.92. The Labute approximate surface area is 217 Å². The number of amides is 4. The topological polar surface area (TPSA) is 152 Å². The van der Waals surface area contributed by atoms with Gasteiger partial charge in [0.05, 0.1) is 28.2 Å². The lowest BCUT2D eigenvalue weighted by Gasteiger charge is -2.35. The number of carbonyl (C=O) groups excluding carboxylic acids is 4. The summed E-state index contributed by atoms with van der Waals surface area (Å²) in [5.41, 5.74) is 10.2. The highest BCUT2D eigenvalue weighted by Crippen LogP contribution is 2.46. The van der Waals surface area contributed by atoms with Gasteiger partial charge in [-0.05, 0) is 62.3 Å². The molecule has 2 aliphatic heterocycles. The van der Waals surface area contributed by atoms with Gasteiger partial charge in [0.25, 0.3) is 11.8 Å². The van der Waals surface area contributed by atoms with E-state index in [0.29, 0.717) is 11.8 Å². The first-order valence-corrected chi connectivity index (χ1v) is 13.1. The fourth-order valence-electron chi connectivity index (χ4n) is 5.92. The first kappa shape index (κ1) is 22.9. The summed E-state index contributed by atoms with van der Waals surface area (Å²) in [5, 5.41) is 11.5. The number of nitrogen functional groups attached to an aromatic ring is 1. The van der Waals surface area contributed by atoms with E-state index in [2.05, 4.69) is 20.3 Å². The molecule has 0 bridgehead atoms. The molecule has 7 rings (SSSR count). The number of fused-ring (bicyclic) bond motifs is 2. The van der Waals surface area contributed by atoms with E-state index in [1.165, 1.54) is 0 Å². The lowest BCUT2D eigenvalue weighted by atomic mass is 9.80. The average Bonchev–Trinajstić information content (AvgIpc) is 3.60. The molecule has 1 saturated heterocycles. The highest BCUT2D eigenvalue weighted by Gasteiger charge is 2.44. The number of benzene rings is 1. The molecule has 1 aromatic carbocycles. The number of nitrogens with one attached hydrogen (secondary N) is 2. The monoisotopic (exact) mass is 513 g/mol. The Morgan fingerprint density at radius 2 is 1.82 bits per heavy atom. The SMILES string of the molecule is Nc1ccnc2c1c(C1CC1)nn2C1CC(CNc2ccc3c(c2)C(=O)N(C2CCC(=O)NC2=O)C3=O)C1. The third kappa shape index (κ3) is 3.56. The molecule has 11 heteroatoms. The summed E-state index contributed by atoms with van der Waals surface area (Å²) in [4.78, 5) is 55.3. The van der Waals surface area contributed by atoms with Crippen LogP contribution >= 0.6 is 0 Å². The molecule has 0 radical (unpaired) electrons. The van der Waals surface area contributed by atoms with E-state index in [-0.39, 0.29) is 30.0 Å². The number of nitrogens with two attached hydrogens (primary N) is 1. The first-order valence-electron chi connectivity index (χ1n) is 13.1. The quantitative estimate of drug-likeness (QED) is 0.425. The van der Waals surface area contributed by atoms with Gasteiger partial charge < -0.3 is 11.1 Å². The molecule has 194 valence electrons. The molecule has 2 aromatic heterocycles. The van der Waals surface area contributed by atoms with Crippen LogP contribution in [0, 0.1) is 5.92 Å². The number of rotatable bonds is 6. The molecule has 4 aliphatic rings. The van der Waals surface area contributed by atoms with Gasteiger partial charge >= 0.3 is 0 Å². The average molecular weight is 514 g/mol. The fraction of sp³-hybridized carbons (Fsp3) is 0.407. The van der Waals surface area contributed by atoms with Gasteiger partial charge in [-0.25, -0.2) is 9.67 Å². The zero-order valence-corrected chi connectivity index (χ0v) is 20.6. The molecule has 3 fully saturated rings. The van der Waals surface area contributed by atoms with Crippen molar-refractivity contribution in [3.8, 4) is 0 Å². The van der Waals surface area contributed by atoms with Crippen molar-refractivity contribution in [3.05, 3.63) is 47.3 Å². The van der Waals surface area contributed by atoms with Crippen molar-refractivity contribution in [1.29, 1.82) is 0 Å². The molecule has 0 spiro atoms. The second-order valence-electron chi connectivity index (χ2n) is 10.8. The number of nitrogens with zero attached hydrogens (tertiary/aromatic N) is 4. The number of pyridine rings is 1. The summed E-state index contributed by atoms with van der Waals surface area (Å²) in [5.74, 6) is -1.09. The van der Waals surface area contributed by atoms with E-state index in [0.717, 1.165) is 65.2 Å². The van der Waals surface area contributed by atoms with Crippen LogP contribution in [-0.2, 0) is 9.59 Å². The number of aromatic nitrogens is 3. The van der Waals surface area contributed by atoms with Crippen molar-refractivity contribution in [2.75, 3.05) is 17.6 Å². The summed E-state index contributed by atoms with van der Waals surface area (Å²) in [6.07, 6.45) is 6.19. The Hall–Kier alpha value is -4.28. The number of carbonyl (C=O) groups is 4. The number of hydrogen-bond acceptors (Lipinski definition) is 8. The van der Waals surface area contributed by atoms with Crippen LogP contribution in [0.5, 0.6) is 0 Å². The Bertz CT molecular complexity index is 1540. The summed E-state index contributed by atoms with van der Waals surface area (Å²) in [6.45, 7) is 0.721. The maximum Gasteiger partial charge on any atom is 0.262 e. The molecule has 11 nitrogen and oxygen atoms in total. The zero-order chi connectivity index (χ0) is 26.1. The summed E-state index contributed by atoms with van der Waals surface area (Å²) < 4.78 is 2.05. The molecule has 1 atom stereocenters. The number of imide groups is 2. The van der Waals surface area contributed by atoms with Crippen LogP contribution in [0.1, 0.15) is 76.9 Å². The Morgan fingerprint density at radius 3 is 2.58 bits per heavy atom. The maximum atomic E-state index is 13.1. The van der Waals surface area contributed by atoms with E-state index < -0.39 is 29.7 Å². The molecule has 2 aliphatic carbocycles. The van der Waals surface area contributed by atoms with E-state index in [1.807, 2.05) is 6.07 Å². The molecule has 4 heterocycles. The standard InChI is InChI=1S/C27H27N7O4/c28-19-7-8-29-24-22(19)23(14-1-2-14)32-34(24)16-9-13(10-16)12-30-15-3-4-17-18(11-15)27(38)33(26(17)37)20-5-6-21(35)31-25(20)36/h3-4,7-8,11,13-14,16,20,30H,1-2,5-6,9-10,12H2,(H2,28,29)(H,31,35,36). The molecule has 38 heavy (non-hydrogen) atoms. The normalized spacial score (nSPS) is 24.9. The molecule has 1 unspecified atom stereocenters. The van der Waals surface area contributed by atoms with E-state index in [4.69, 9.17) is 10.8 Å². The zero-order valence-electron chi connectivity index (χ0n) is 20.6. The van der Waals surface area contributed by atoms with E-state index in [1.54, 1.807) is 24.4 Å². The first-order chi connectivity index (χ1) is 18.4. The van der Waals surface area contributed by atoms with Gasteiger partial charge in [-0.2, -0.15) is 5.10 Å². The van der Waals surface area contributed by atoms with Gasteiger partial charge in [0.15, 0.2) is 5.65 Å². The van der Waals surface area contributed by atoms with Gasteiger partial charge in [-0.1, -0.05) is 0 Å². The molecular weight excluding hydrogens is 486 g/mol. The Morgan fingerprint density at radius 1 is 1.03 bits per heavy atom. The molecule has 4 amide bonds. The van der Waals surface area contributed by atoms with Crippen LogP contribution < -0.4 is 16.4 Å². The predicted octanol–water partition coefficient (Wildman–Crippen LogP) is 2.36. The minimum Gasteiger partial charge on any atom is -0.398 e. The lowest BCUT2D eigenvalue weighted by Crippen LogP contribution is -2.54. The second-order valence-corrected chi connectivity index (χ2v) is 10.8. The highest BCUT2D eigenvalue weighted by atomic mass is 16.2. The van der Waals surface area contributed by atoms with Crippen LogP contribution in [0.25, 0.3) is 11.0 Å². The van der Waals surface area contributed by atoms with Gasteiger partial charge in [-0.3, -0.25) is 29.4 Å². The summed E-state index contributed by atoms with van der Waals surface area (Å²) in [7, 11) is 0. The van der Waals surface area contributed by atoms with Crippen LogP contribution in [-0.4, -0.2) is 55.9 Å². The van der Waals surface area contributed by atoms with Gasteiger partial charge in [-0.15, -0.1) is 0 Å². The minimum atomic E-state index is -0.966. The second kappa shape index (κ2) is 8.37. The Kier molecular flexibility index (Phi) is 5.04. The van der Waals surface area contributed by atoms with Crippen molar-refractivity contribution >= 4 is 46.0 Å². The third-order valence-electron chi connectivity index (χ3n) is 8.21. The van der Waals surface area contributed by atoms with Crippen molar-refractivity contribution < 1.29 is 19.2 Å². The van der Waals surface area contributed by atoms with Gasteiger partial charge in [0.1, 0.15) is 6.04 Å². The molecule has 2 saturated carbocycles. The van der Waals surface area contributed by atoms with Crippen molar-refractivity contribution in [2.24, 2.45) is 5.92 Å². The number of hydrogen-bond donors (Lipinski definition) is 3. The van der Waals surface area contributed by atoms with Crippen LogP contribution in [0.3, 0.4) is 0 Å². The van der Waals surface area contributed by atoms with Crippen LogP contribution in [0.4, 0.5) is 11.4 Å². The van der Waals surface area contributed by atoms with E-state index in [9.17, 15) is 19.2 Å². The highest BCUT2D eigenvalue weighted by molar-refractivity contribution is 6.23. The van der Waals surface area contributed by atoms with Crippen LogP contribution in [0.2, 0.25) is 0 Å². The third-order valence-corrected chi connectivity index (χ3v) is 8.21. The smallest absolute Gasteiger partial charge is 0.262 e.